The Morgan fingerprint density at radius 1 is 1.56 bits per heavy atom. The molecule has 1 aromatic rings. The van der Waals surface area contributed by atoms with Crippen molar-refractivity contribution in [1.82, 2.24) is 0 Å². The van der Waals surface area contributed by atoms with E-state index in [-0.39, 0.29) is 5.82 Å². The summed E-state index contributed by atoms with van der Waals surface area (Å²) in [5.41, 5.74) is 7.10. The van der Waals surface area contributed by atoms with E-state index in [9.17, 15) is 4.39 Å². The van der Waals surface area contributed by atoms with E-state index in [1.807, 2.05) is 34.4 Å². The predicted octanol–water partition coefficient (Wildman–Crippen LogP) is 3.42. The van der Waals surface area contributed by atoms with Crippen molar-refractivity contribution in [1.29, 1.82) is 0 Å². The molecule has 1 rings (SSSR count). The summed E-state index contributed by atoms with van der Waals surface area (Å²) in [7, 11) is 0. The Morgan fingerprint density at radius 3 is 2.88 bits per heavy atom. The molecule has 0 saturated carbocycles. The number of nitrogens with one attached hydrogen (secondary N) is 1. The average molecular weight is 354 g/mol. The zero-order valence-corrected chi connectivity index (χ0v) is 12.4. The number of halogens is 2. The van der Waals surface area contributed by atoms with Crippen molar-refractivity contribution in [3.63, 3.8) is 0 Å². The number of nitrogens with two attached hydrogens (primary N) is 1. The topological polar surface area (TPSA) is 38.0 Å². The van der Waals surface area contributed by atoms with Crippen molar-refractivity contribution in [2.24, 2.45) is 5.92 Å². The number of hydrogen-bond acceptors (Lipinski definition) is 3. The molecule has 90 valence electrons. The van der Waals surface area contributed by atoms with Gasteiger partial charge in [-0.05, 0) is 46.6 Å². The molecule has 1 atom stereocenters. The minimum Gasteiger partial charge on any atom is -0.397 e. The van der Waals surface area contributed by atoms with Gasteiger partial charge in [0.05, 0.1) is 14.9 Å². The standard InChI is InChI=1S/C11H16FIN2S/c1-7(6-16-2)5-15-11-3-8(12)9(13)4-10(11)14/h3-4,7,15H,5-6,14H2,1-2H3. The van der Waals surface area contributed by atoms with Crippen LogP contribution in [-0.2, 0) is 0 Å². The zero-order chi connectivity index (χ0) is 12.1. The summed E-state index contributed by atoms with van der Waals surface area (Å²) in [6, 6.07) is 3.11. The molecule has 1 aromatic carbocycles. The summed E-state index contributed by atoms with van der Waals surface area (Å²) < 4.78 is 13.9. The molecule has 5 heteroatoms. The number of nitrogen functional groups attached to an aromatic ring is 1. The maximum Gasteiger partial charge on any atom is 0.138 e. The molecule has 0 bridgehead atoms. The van der Waals surface area contributed by atoms with Gasteiger partial charge in [-0.3, -0.25) is 0 Å². The Bertz CT molecular complexity index is 360. The largest absolute Gasteiger partial charge is 0.397 e. The van der Waals surface area contributed by atoms with E-state index in [0.29, 0.717) is 20.9 Å². The smallest absolute Gasteiger partial charge is 0.138 e. The second-order valence-electron chi connectivity index (χ2n) is 3.79. The minimum absolute atomic E-state index is 0.227. The summed E-state index contributed by atoms with van der Waals surface area (Å²) in [6.45, 7) is 2.97. The predicted molar refractivity (Wildman–Crippen MR) is 79.6 cm³/mol. The minimum atomic E-state index is -0.227. The van der Waals surface area contributed by atoms with E-state index < -0.39 is 0 Å². The van der Waals surface area contributed by atoms with Crippen LogP contribution in [0.25, 0.3) is 0 Å². The van der Waals surface area contributed by atoms with E-state index in [2.05, 4.69) is 18.5 Å². The monoisotopic (exact) mass is 354 g/mol. The molecule has 3 N–H and O–H groups in total. The summed E-state index contributed by atoms with van der Waals surface area (Å²) >= 11 is 3.74. The van der Waals surface area contributed by atoms with Crippen LogP contribution in [0.5, 0.6) is 0 Å². The Morgan fingerprint density at radius 2 is 2.25 bits per heavy atom. The fourth-order valence-corrected chi connectivity index (χ4v) is 2.52. The fraction of sp³-hybridized carbons (Fsp3) is 0.455. The Hall–Kier alpha value is -0.170. The molecule has 0 aromatic heterocycles. The van der Waals surface area contributed by atoms with E-state index in [1.165, 1.54) is 6.07 Å². The van der Waals surface area contributed by atoms with Crippen LogP contribution in [0.15, 0.2) is 12.1 Å². The van der Waals surface area contributed by atoms with Gasteiger partial charge in [-0.1, -0.05) is 6.92 Å². The van der Waals surface area contributed by atoms with Gasteiger partial charge in [0.2, 0.25) is 0 Å². The lowest BCUT2D eigenvalue weighted by Gasteiger charge is -2.14. The molecule has 0 aliphatic carbocycles. The lowest BCUT2D eigenvalue weighted by Crippen LogP contribution is -2.14. The van der Waals surface area contributed by atoms with Gasteiger partial charge in [-0.25, -0.2) is 4.39 Å². The molecule has 0 aliphatic heterocycles. The summed E-state index contributed by atoms with van der Waals surface area (Å²) in [6.07, 6.45) is 2.08. The lowest BCUT2D eigenvalue weighted by molar-refractivity contribution is 0.620. The third kappa shape index (κ3) is 4.01. The van der Waals surface area contributed by atoms with Gasteiger partial charge in [0, 0.05) is 12.6 Å². The number of thioether (sulfide) groups is 1. The summed E-state index contributed by atoms with van der Waals surface area (Å²) in [4.78, 5) is 0. The van der Waals surface area contributed by atoms with Crippen molar-refractivity contribution >= 4 is 45.7 Å². The van der Waals surface area contributed by atoms with Crippen molar-refractivity contribution < 1.29 is 4.39 Å². The normalized spacial score (nSPS) is 12.5. The summed E-state index contributed by atoms with van der Waals surface area (Å²) in [5, 5.41) is 3.18. The zero-order valence-electron chi connectivity index (χ0n) is 9.39. The molecule has 0 spiro atoms. The second-order valence-corrected chi connectivity index (χ2v) is 5.87. The van der Waals surface area contributed by atoms with Crippen molar-refractivity contribution in [2.45, 2.75) is 6.92 Å². The number of benzene rings is 1. The van der Waals surface area contributed by atoms with Gasteiger partial charge in [-0.15, -0.1) is 0 Å². The van der Waals surface area contributed by atoms with E-state index in [4.69, 9.17) is 5.73 Å². The SMILES string of the molecule is CSCC(C)CNc1cc(F)c(I)cc1N. The van der Waals surface area contributed by atoms with Gasteiger partial charge in [0.1, 0.15) is 5.82 Å². The first kappa shape index (κ1) is 13.9. The molecule has 2 nitrogen and oxygen atoms in total. The van der Waals surface area contributed by atoms with Crippen LogP contribution < -0.4 is 11.1 Å². The first-order chi connectivity index (χ1) is 7.54. The van der Waals surface area contributed by atoms with Gasteiger partial charge < -0.3 is 11.1 Å². The van der Waals surface area contributed by atoms with Crippen LogP contribution >= 0.6 is 34.4 Å². The van der Waals surface area contributed by atoms with Crippen molar-refractivity contribution in [3.05, 3.63) is 21.5 Å². The Kier molecular flexibility index (Phi) is 5.68. The van der Waals surface area contributed by atoms with E-state index >= 15 is 0 Å². The maximum atomic E-state index is 13.3. The Labute approximate surface area is 114 Å². The van der Waals surface area contributed by atoms with Crippen LogP contribution in [0, 0.1) is 15.3 Å². The third-order valence-electron chi connectivity index (χ3n) is 2.18. The van der Waals surface area contributed by atoms with Gasteiger partial charge in [-0.2, -0.15) is 11.8 Å². The number of hydrogen-bond donors (Lipinski definition) is 2. The molecular formula is C11H16FIN2S. The Balaban J connectivity index is 2.63. The summed E-state index contributed by atoms with van der Waals surface area (Å²) in [5.74, 6) is 1.39. The van der Waals surface area contributed by atoms with Gasteiger partial charge >= 0.3 is 0 Å². The maximum absolute atomic E-state index is 13.3. The highest BCUT2D eigenvalue weighted by Gasteiger charge is 2.07. The van der Waals surface area contributed by atoms with Crippen LogP contribution in [0.1, 0.15) is 6.92 Å². The number of rotatable bonds is 5. The van der Waals surface area contributed by atoms with Crippen molar-refractivity contribution in [2.75, 3.05) is 29.6 Å². The number of anilines is 2. The van der Waals surface area contributed by atoms with Crippen LogP contribution in [0.4, 0.5) is 15.8 Å². The highest BCUT2D eigenvalue weighted by Crippen LogP contribution is 2.24. The fourth-order valence-electron chi connectivity index (χ4n) is 1.34. The molecule has 0 fully saturated rings. The van der Waals surface area contributed by atoms with E-state index in [0.717, 1.165) is 12.3 Å². The van der Waals surface area contributed by atoms with Crippen molar-refractivity contribution in [3.8, 4) is 0 Å². The van der Waals surface area contributed by atoms with Gasteiger partial charge in [0.15, 0.2) is 0 Å². The molecule has 0 radical (unpaired) electrons. The first-order valence-electron chi connectivity index (χ1n) is 5.02. The molecule has 1 unspecified atom stereocenters. The van der Waals surface area contributed by atoms with Crippen LogP contribution in [-0.4, -0.2) is 18.6 Å². The van der Waals surface area contributed by atoms with Crippen LogP contribution in [0.2, 0.25) is 0 Å². The highest BCUT2D eigenvalue weighted by molar-refractivity contribution is 14.1. The second kappa shape index (κ2) is 6.54. The first-order valence-corrected chi connectivity index (χ1v) is 7.49. The molecular weight excluding hydrogens is 338 g/mol. The highest BCUT2D eigenvalue weighted by atomic mass is 127. The van der Waals surface area contributed by atoms with Gasteiger partial charge in [0.25, 0.3) is 0 Å². The molecule has 0 heterocycles. The quantitative estimate of drug-likeness (QED) is 0.629. The molecule has 16 heavy (non-hydrogen) atoms. The average Bonchev–Trinajstić information content (AvgIpc) is 2.22. The van der Waals surface area contributed by atoms with E-state index in [1.54, 1.807) is 6.07 Å². The van der Waals surface area contributed by atoms with Crippen LogP contribution in [0.3, 0.4) is 0 Å². The lowest BCUT2D eigenvalue weighted by atomic mass is 10.2. The third-order valence-corrected chi connectivity index (χ3v) is 3.91. The molecule has 0 aliphatic rings. The molecule has 0 saturated heterocycles. The molecule has 0 amide bonds.